The molecule has 1 saturated heterocycles. The number of rotatable bonds is 6. The molecule has 35 heavy (non-hydrogen) atoms. The maximum Gasteiger partial charge on any atom is 0.416 e. The molecule has 3 atom stereocenters. The SMILES string of the molecule is CC1OCC1Oc1cc([C@H](C)Cc2nncn2C)cc(N2Cc3c(cccc3C(F)(F)F)C2=O)n1. The summed E-state index contributed by atoms with van der Waals surface area (Å²) < 4.78 is 54.0. The van der Waals surface area contributed by atoms with Crippen molar-refractivity contribution in [2.45, 2.75) is 51.1 Å². The van der Waals surface area contributed by atoms with Crippen LogP contribution in [0.3, 0.4) is 0 Å². The number of nitrogens with zero attached hydrogens (tertiary/aromatic N) is 5. The van der Waals surface area contributed by atoms with Crippen LogP contribution in [0.25, 0.3) is 0 Å². The molecule has 3 aromatic rings. The fourth-order valence-corrected chi connectivity index (χ4v) is 4.31. The number of pyridine rings is 1. The Morgan fingerprint density at radius 1 is 1.29 bits per heavy atom. The van der Waals surface area contributed by atoms with E-state index in [2.05, 4.69) is 15.2 Å². The lowest BCUT2D eigenvalue weighted by Gasteiger charge is -2.34. The van der Waals surface area contributed by atoms with Crippen LogP contribution in [0.2, 0.25) is 0 Å². The standard InChI is InChI=1S/C24H24F3N5O3/c1-13(7-21-30-28-12-31(21)3)15-8-20(29-22(9-15)35-19-11-34-14(19)2)32-10-17-16(23(32)33)5-4-6-18(17)24(25,26)27/h4-6,8-9,12-14,19H,7,10-11H2,1-3H3/t13-,14?,19?/m1/s1. The molecule has 4 heterocycles. The third-order valence-electron chi connectivity index (χ3n) is 6.54. The van der Waals surface area contributed by atoms with E-state index >= 15 is 0 Å². The van der Waals surface area contributed by atoms with Gasteiger partial charge in [0.25, 0.3) is 5.91 Å². The van der Waals surface area contributed by atoms with Crippen LogP contribution < -0.4 is 9.64 Å². The third kappa shape index (κ3) is 4.36. The van der Waals surface area contributed by atoms with Crippen LogP contribution in [0.5, 0.6) is 5.88 Å². The van der Waals surface area contributed by atoms with Crippen molar-refractivity contribution in [3.63, 3.8) is 0 Å². The first-order valence-electron chi connectivity index (χ1n) is 11.3. The number of amides is 1. The van der Waals surface area contributed by atoms with Gasteiger partial charge in [0, 0.05) is 25.1 Å². The lowest BCUT2D eigenvalue weighted by atomic mass is 9.98. The lowest BCUT2D eigenvalue weighted by molar-refractivity contribution is -0.140. The molecule has 5 rings (SSSR count). The van der Waals surface area contributed by atoms with E-state index < -0.39 is 17.6 Å². The Morgan fingerprint density at radius 3 is 2.71 bits per heavy atom. The van der Waals surface area contributed by atoms with Crippen molar-refractivity contribution >= 4 is 11.7 Å². The molecule has 1 amide bonds. The average molecular weight is 487 g/mol. The number of hydrogen-bond donors (Lipinski definition) is 0. The molecule has 1 fully saturated rings. The van der Waals surface area contributed by atoms with Gasteiger partial charge in [-0.15, -0.1) is 10.2 Å². The summed E-state index contributed by atoms with van der Waals surface area (Å²) in [4.78, 5) is 18.9. The minimum absolute atomic E-state index is 0.0302. The summed E-state index contributed by atoms with van der Waals surface area (Å²) in [6.45, 7) is 4.07. The van der Waals surface area contributed by atoms with Gasteiger partial charge in [0.05, 0.1) is 24.8 Å². The van der Waals surface area contributed by atoms with Crippen molar-refractivity contribution in [2.24, 2.45) is 7.05 Å². The van der Waals surface area contributed by atoms with Crippen LogP contribution in [0.15, 0.2) is 36.7 Å². The molecule has 0 aliphatic carbocycles. The van der Waals surface area contributed by atoms with E-state index in [0.717, 1.165) is 17.5 Å². The molecule has 0 bridgehead atoms. The molecule has 8 nitrogen and oxygen atoms in total. The van der Waals surface area contributed by atoms with Gasteiger partial charge < -0.3 is 14.0 Å². The number of alkyl halides is 3. The number of carbonyl (C=O) groups excluding carboxylic acids is 1. The Bertz CT molecular complexity index is 1280. The van der Waals surface area contributed by atoms with Gasteiger partial charge in [-0.05, 0) is 42.2 Å². The van der Waals surface area contributed by atoms with E-state index in [4.69, 9.17) is 9.47 Å². The van der Waals surface area contributed by atoms with Gasteiger partial charge in [0.1, 0.15) is 24.1 Å². The molecule has 0 radical (unpaired) electrons. The van der Waals surface area contributed by atoms with Crippen molar-refractivity contribution in [1.82, 2.24) is 19.7 Å². The van der Waals surface area contributed by atoms with Crippen molar-refractivity contribution in [2.75, 3.05) is 11.5 Å². The zero-order chi connectivity index (χ0) is 24.9. The van der Waals surface area contributed by atoms with E-state index in [9.17, 15) is 18.0 Å². The summed E-state index contributed by atoms with van der Waals surface area (Å²) >= 11 is 0. The average Bonchev–Trinajstić information content (AvgIpc) is 3.38. The molecule has 0 spiro atoms. The lowest BCUT2D eigenvalue weighted by Crippen LogP contribution is -2.47. The summed E-state index contributed by atoms with van der Waals surface area (Å²) in [5, 5.41) is 8.05. The molecule has 184 valence electrons. The van der Waals surface area contributed by atoms with E-state index in [1.807, 2.05) is 25.5 Å². The van der Waals surface area contributed by atoms with Crippen molar-refractivity contribution in [1.29, 1.82) is 0 Å². The first kappa shape index (κ1) is 23.3. The molecular formula is C24H24F3N5O3. The molecule has 2 aromatic heterocycles. The number of halogens is 3. The Kier molecular flexibility index (Phi) is 5.74. The monoisotopic (exact) mass is 487 g/mol. The number of aromatic nitrogens is 4. The molecule has 0 saturated carbocycles. The smallest absolute Gasteiger partial charge is 0.416 e. The zero-order valence-corrected chi connectivity index (χ0v) is 19.4. The maximum atomic E-state index is 13.6. The summed E-state index contributed by atoms with van der Waals surface area (Å²) in [6.07, 6.45) is -2.68. The van der Waals surface area contributed by atoms with E-state index in [1.165, 1.54) is 17.0 Å². The summed E-state index contributed by atoms with van der Waals surface area (Å²) in [6, 6.07) is 7.19. The molecule has 2 aliphatic rings. The molecular weight excluding hydrogens is 463 g/mol. The van der Waals surface area contributed by atoms with Crippen molar-refractivity contribution < 1.29 is 27.4 Å². The summed E-state index contributed by atoms with van der Waals surface area (Å²) in [5.74, 6) is 0.733. The second kappa shape index (κ2) is 8.63. The number of anilines is 1. The van der Waals surface area contributed by atoms with Crippen LogP contribution in [0, 0.1) is 0 Å². The van der Waals surface area contributed by atoms with E-state index in [-0.39, 0.29) is 41.6 Å². The number of benzene rings is 1. The van der Waals surface area contributed by atoms with Crippen molar-refractivity contribution in [3.8, 4) is 5.88 Å². The van der Waals surface area contributed by atoms with Crippen LogP contribution in [0.1, 0.15) is 52.6 Å². The second-order valence-electron chi connectivity index (χ2n) is 8.98. The second-order valence-corrected chi connectivity index (χ2v) is 8.98. The van der Waals surface area contributed by atoms with Gasteiger partial charge in [0.2, 0.25) is 5.88 Å². The van der Waals surface area contributed by atoms with Gasteiger partial charge in [0.15, 0.2) is 0 Å². The quantitative estimate of drug-likeness (QED) is 0.525. The number of carbonyl (C=O) groups is 1. The van der Waals surface area contributed by atoms with Crippen LogP contribution >= 0.6 is 0 Å². The number of ether oxygens (including phenoxy) is 2. The van der Waals surface area contributed by atoms with Crippen LogP contribution in [0.4, 0.5) is 19.0 Å². The predicted octanol–water partition coefficient (Wildman–Crippen LogP) is 3.90. The van der Waals surface area contributed by atoms with Gasteiger partial charge in [-0.2, -0.15) is 18.2 Å². The first-order valence-corrected chi connectivity index (χ1v) is 11.3. The molecule has 2 aliphatic heterocycles. The van der Waals surface area contributed by atoms with Gasteiger partial charge in [-0.1, -0.05) is 13.0 Å². The van der Waals surface area contributed by atoms with E-state index in [1.54, 1.807) is 18.5 Å². The maximum absolute atomic E-state index is 13.6. The van der Waals surface area contributed by atoms with Gasteiger partial charge in [-0.3, -0.25) is 9.69 Å². The number of fused-ring (bicyclic) bond motifs is 1. The Labute approximate surface area is 199 Å². The fourth-order valence-electron chi connectivity index (χ4n) is 4.31. The summed E-state index contributed by atoms with van der Waals surface area (Å²) in [5.41, 5.74) is -0.00858. The minimum Gasteiger partial charge on any atom is -0.469 e. The highest BCUT2D eigenvalue weighted by molar-refractivity contribution is 6.09. The topological polar surface area (TPSA) is 82.4 Å². The number of aryl methyl sites for hydroxylation is 1. The highest BCUT2D eigenvalue weighted by atomic mass is 19.4. The minimum atomic E-state index is -4.56. The molecule has 1 aromatic carbocycles. The zero-order valence-electron chi connectivity index (χ0n) is 19.4. The third-order valence-corrected chi connectivity index (χ3v) is 6.54. The Hall–Kier alpha value is -3.47. The Balaban J connectivity index is 1.50. The van der Waals surface area contributed by atoms with Crippen LogP contribution in [-0.2, 0) is 30.9 Å². The van der Waals surface area contributed by atoms with Crippen molar-refractivity contribution in [3.05, 3.63) is 64.7 Å². The normalized spacial score (nSPS) is 20.5. The van der Waals surface area contributed by atoms with E-state index in [0.29, 0.717) is 18.9 Å². The largest absolute Gasteiger partial charge is 0.469 e. The van der Waals surface area contributed by atoms with Crippen LogP contribution in [-0.4, -0.2) is 44.5 Å². The van der Waals surface area contributed by atoms with Gasteiger partial charge >= 0.3 is 6.18 Å². The first-order chi connectivity index (χ1) is 16.6. The highest BCUT2D eigenvalue weighted by Crippen LogP contribution is 2.39. The summed E-state index contributed by atoms with van der Waals surface area (Å²) in [7, 11) is 1.85. The fraction of sp³-hybridized carbons (Fsp3) is 0.417. The Morgan fingerprint density at radius 2 is 2.09 bits per heavy atom. The highest BCUT2D eigenvalue weighted by Gasteiger charge is 2.40. The molecule has 2 unspecified atom stereocenters. The predicted molar refractivity (Wildman–Crippen MR) is 119 cm³/mol. The molecule has 0 N–H and O–H groups in total. The van der Waals surface area contributed by atoms with Gasteiger partial charge in [-0.25, -0.2) is 0 Å². The number of hydrogen-bond acceptors (Lipinski definition) is 6. The molecule has 11 heteroatoms.